The minimum absolute atomic E-state index is 0.0494. The molecule has 0 unspecified atom stereocenters. The summed E-state index contributed by atoms with van der Waals surface area (Å²) in [5.41, 5.74) is 9.13. The van der Waals surface area contributed by atoms with Crippen LogP contribution in [0.5, 0.6) is 0 Å². The third kappa shape index (κ3) is 5.40. The molecule has 7 nitrogen and oxygen atoms in total. The molecule has 62 heavy (non-hydrogen) atoms. The molecule has 0 aliphatic carbocycles. The maximum Gasteiger partial charge on any atom is 0.266 e. The monoisotopic (exact) mass is 816 g/mol. The molecule has 0 radical (unpaired) electrons. The number of anilines is 2. The van der Waals surface area contributed by atoms with Crippen LogP contribution in [-0.2, 0) is 6.61 Å². The predicted molar refractivity (Wildman–Crippen MR) is 251 cm³/mol. The molecule has 0 atom stereocenters. The van der Waals surface area contributed by atoms with Gasteiger partial charge in [0.25, 0.3) is 23.6 Å². The van der Waals surface area contributed by atoms with Crippen molar-refractivity contribution in [3.8, 4) is 11.1 Å². The first-order valence-corrected chi connectivity index (χ1v) is 21.7. The van der Waals surface area contributed by atoms with E-state index in [1.807, 2.05) is 103 Å². The first-order chi connectivity index (χ1) is 29.7. The Labute approximate surface area is 360 Å². The van der Waals surface area contributed by atoms with Crippen LogP contribution in [-0.4, -0.2) is 28.7 Å². The van der Waals surface area contributed by atoms with Crippen molar-refractivity contribution in [2.24, 2.45) is 0 Å². The van der Waals surface area contributed by atoms with E-state index in [-0.39, 0.29) is 53.9 Å². The Morgan fingerprint density at radius 3 is 1.21 bits per heavy atom. The maximum atomic E-state index is 15.3. The minimum atomic E-state index is -0.385. The molecule has 2 aliphatic heterocycles. The highest BCUT2D eigenvalue weighted by Gasteiger charge is 2.41. The van der Waals surface area contributed by atoms with Gasteiger partial charge in [-0.25, -0.2) is 9.80 Å². The zero-order valence-corrected chi connectivity index (χ0v) is 36.3. The second-order valence-corrected chi connectivity index (χ2v) is 18.3. The van der Waals surface area contributed by atoms with Crippen LogP contribution in [0.4, 0.5) is 11.4 Å². The average molecular weight is 817 g/mol. The summed E-state index contributed by atoms with van der Waals surface area (Å²) < 4.78 is 0. The number of nitrogens with zero attached hydrogens (tertiary/aromatic N) is 2. The van der Waals surface area contributed by atoms with Crippen molar-refractivity contribution in [1.82, 2.24) is 0 Å². The number of aliphatic hydroxyl groups is 1. The van der Waals surface area contributed by atoms with Gasteiger partial charge in [0.2, 0.25) is 0 Å². The number of aliphatic hydroxyl groups excluding tert-OH is 1. The van der Waals surface area contributed by atoms with Crippen LogP contribution in [0, 0.1) is 0 Å². The lowest BCUT2D eigenvalue weighted by atomic mass is 9.79. The molecular formula is C55H48N2O5. The first-order valence-electron chi connectivity index (χ1n) is 21.7. The summed E-state index contributed by atoms with van der Waals surface area (Å²) in [5, 5.41) is 16.0. The number of para-hydroxylation sites is 2. The van der Waals surface area contributed by atoms with E-state index in [4.69, 9.17) is 0 Å². The number of amides is 4. The molecule has 8 aromatic rings. The number of benzene rings is 8. The Bertz CT molecular complexity index is 3190. The van der Waals surface area contributed by atoms with E-state index < -0.39 is 0 Å². The van der Waals surface area contributed by atoms with Gasteiger partial charge >= 0.3 is 0 Å². The van der Waals surface area contributed by atoms with E-state index in [1.165, 1.54) is 9.80 Å². The number of hydrogen-bond acceptors (Lipinski definition) is 5. The Morgan fingerprint density at radius 1 is 0.403 bits per heavy atom. The van der Waals surface area contributed by atoms with Crippen LogP contribution in [0.2, 0.25) is 0 Å². The molecule has 0 saturated carbocycles. The predicted octanol–water partition coefficient (Wildman–Crippen LogP) is 13.0. The number of hydrogen-bond donors (Lipinski definition) is 1. The first kappa shape index (κ1) is 39.4. The van der Waals surface area contributed by atoms with E-state index in [1.54, 1.807) is 0 Å². The highest BCUT2D eigenvalue weighted by atomic mass is 16.3. The van der Waals surface area contributed by atoms with E-state index in [0.29, 0.717) is 44.4 Å². The fourth-order valence-electron chi connectivity index (χ4n) is 10.3. The van der Waals surface area contributed by atoms with E-state index in [0.717, 1.165) is 71.3 Å². The summed E-state index contributed by atoms with van der Waals surface area (Å²) in [5.74, 6) is -1.25. The van der Waals surface area contributed by atoms with Crippen LogP contribution in [0.1, 0.15) is 148 Å². The maximum absolute atomic E-state index is 15.3. The average Bonchev–Trinajstić information content (AvgIpc) is 3.26. The van der Waals surface area contributed by atoms with E-state index >= 15 is 9.59 Å². The smallest absolute Gasteiger partial charge is 0.266 e. The van der Waals surface area contributed by atoms with Crippen molar-refractivity contribution >= 4 is 78.1 Å². The van der Waals surface area contributed by atoms with Gasteiger partial charge in [-0.15, -0.1) is 0 Å². The normalized spacial score (nSPS) is 14.3. The Morgan fingerprint density at radius 2 is 0.790 bits per heavy atom. The van der Waals surface area contributed by atoms with Crippen molar-refractivity contribution < 1.29 is 24.3 Å². The minimum Gasteiger partial charge on any atom is -0.392 e. The molecule has 4 amide bonds. The molecule has 308 valence electrons. The van der Waals surface area contributed by atoms with Crippen LogP contribution in [0.3, 0.4) is 0 Å². The van der Waals surface area contributed by atoms with Crippen LogP contribution in [0.15, 0.2) is 103 Å². The topological polar surface area (TPSA) is 95.0 Å². The molecule has 1 N–H and O–H groups in total. The van der Waals surface area contributed by atoms with Crippen LogP contribution >= 0.6 is 0 Å². The van der Waals surface area contributed by atoms with E-state index in [9.17, 15) is 14.7 Å². The summed E-state index contributed by atoms with van der Waals surface area (Å²) in [7, 11) is 0. The largest absolute Gasteiger partial charge is 0.392 e. The Balaban J connectivity index is 1.29. The van der Waals surface area contributed by atoms with Crippen LogP contribution < -0.4 is 9.80 Å². The molecule has 0 spiro atoms. The van der Waals surface area contributed by atoms with Gasteiger partial charge in [0, 0.05) is 33.0 Å². The molecule has 2 heterocycles. The summed E-state index contributed by atoms with van der Waals surface area (Å²) in [6, 6.07) is 33.0. The highest BCUT2D eigenvalue weighted by molar-refractivity contribution is 6.46. The van der Waals surface area contributed by atoms with Crippen molar-refractivity contribution in [3.63, 3.8) is 0 Å². The lowest BCUT2D eigenvalue weighted by Gasteiger charge is -2.34. The molecule has 8 aromatic carbocycles. The second-order valence-electron chi connectivity index (χ2n) is 18.3. The third-order valence-corrected chi connectivity index (χ3v) is 13.3. The number of carbonyl (C=O) groups is 4. The molecule has 0 aromatic heterocycles. The summed E-state index contributed by atoms with van der Waals surface area (Å²) >= 11 is 0. The van der Waals surface area contributed by atoms with Gasteiger partial charge in [0.1, 0.15) is 0 Å². The van der Waals surface area contributed by atoms with Gasteiger partial charge in [0.15, 0.2) is 0 Å². The SMILES string of the molecule is CC(C)c1cccc(C(C)C)c1N1C(=O)c2ccc3c4ccc5c6c(cc(-c7ccc(CO)cc7)c(c7ccc(c2c37)C1=O)c64)C(=O)N(c1c(C(C)C)cccc1C(C)C)C5=O. The summed E-state index contributed by atoms with van der Waals surface area (Å²) in [4.78, 5) is 63.1. The quantitative estimate of drug-likeness (QED) is 0.0936. The van der Waals surface area contributed by atoms with Crippen LogP contribution in [0.25, 0.3) is 54.2 Å². The standard InChI is InChI=1S/C55H48N2O5/c1-27(2)33-11-9-12-34(28(3)4)50(33)56-52(59)40-22-19-37-38-20-23-42-48-44(55(62)57(54(42)61)51-35(29(5)6)13-10-14-36(51)30(7)8)25-43(32-17-15-31(26-58)16-18-32)46(49(38)48)39-21-24-41(53(56)60)47(40)45(37)39/h9-25,27-30,58H,26H2,1-8H3. The molecule has 10 rings (SSSR count). The second kappa shape index (κ2) is 14.2. The molecule has 0 bridgehead atoms. The number of imide groups is 2. The van der Waals surface area contributed by atoms with Gasteiger partial charge in [-0.05, 0) is 119 Å². The number of rotatable bonds is 8. The van der Waals surface area contributed by atoms with Crippen molar-refractivity contribution in [1.29, 1.82) is 0 Å². The molecule has 7 heteroatoms. The number of fused-ring (bicyclic) bond motifs is 2. The Hall–Kier alpha value is -6.70. The van der Waals surface area contributed by atoms with Gasteiger partial charge < -0.3 is 5.11 Å². The molecule has 0 saturated heterocycles. The molecule has 2 aliphatic rings. The highest BCUT2D eigenvalue weighted by Crippen LogP contribution is 2.51. The molecule has 0 fully saturated rings. The summed E-state index contributed by atoms with van der Waals surface area (Å²) in [6.07, 6.45) is 0. The van der Waals surface area contributed by atoms with Gasteiger partial charge in [-0.3, -0.25) is 19.2 Å². The lowest BCUT2D eigenvalue weighted by molar-refractivity contribution is 0.0877. The fraction of sp³-hybridized carbons (Fsp3) is 0.236. The van der Waals surface area contributed by atoms with Crippen molar-refractivity contribution in [3.05, 3.63) is 153 Å². The van der Waals surface area contributed by atoms with Gasteiger partial charge in [0.05, 0.1) is 18.0 Å². The zero-order valence-electron chi connectivity index (χ0n) is 36.3. The van der Waals surface area contributed by atoms with Crippen molar-refractivity contribution in [2.45, 2.75) is 85.7 Å². The third-order valence-electron chi connectivity index (χ3n) is 13.3. The fourth-order valence-corrected chi connectivity index (χ4v) is 10.3. The van der Waals surface area contributed by atoms with Gasteiger partial charge in [-0.1, -0.05) is 134 Å². The van der Waals surface area contributed by atoms with Gasteiger partial charge in [-0.2, -0.15) is 0 Å². The Kier molecular flexibility index (Phi) is 9.02. The number of carbonyl (C=O) groups excluding carboxylic acids is 4. The lowest BCUT2D eigenvalue weighted by Crippen LogP contribution is -2.42. The summed E-state index contributed by atoms with van der Waals surface area (Å²) in [6.45, 7) is 16.5. The van der Waals surface area contributed by atoms with E-state index in [2.05, 4.69) is 55.4 Å². The zero-order chi connectivity index (χ0) is 43.6. The molecular weight excluding hydrogens is 769 g/mol. The van der Waals surface area contributed by atoms with Crippen molar-refractivity contribution in [2.75, 3.05) is 9.80 Å².